The van der Waals surface area contributed by atoms with Crippen LogP contribution < -0.4 is 15.4 Å². The van der Waals surface area contributed by atoms with Gasteiger partial charge in [0, 0.05) is 11.1 Å². The van der Waals surface area contributed by atoms with Crippen molar-refractivity contribution in [3.05, 3.63) is 35.0 Å². The van der Waals surface area contributed by atoms with E-state index in [2.05, 4.69) is 15.8 Å². The highest BCUT2D eigenvalue weighted by atomic mass is 35.5. The lowest BCUT2D eigenvalue weighted by atomic mass is 10.3. The Morgan fingerprint density at radius 2 is 2.16 bits per heavy atom. The molecule has 0 amide bonds. The van der Waals surface area contributed by atoms with Gasteiger partial charge in [0.05, 0.1) is 12.8 Å². The standard InChI is InChI=1S/C12H12ClN3O2S/c1-7-5-11(16-18-7)15-12(19)14-9-6-8(13)3-4-10(9)17-2/h3-6H,1-2H3,(H2,14,15,16,19). The number of hydrogen-bond donors (Lipinski definition) is 2. The van der Waals surface area contributed by atoms with Gasteiger partial charge in [-0.15, -0.1) is 0 Å². The van der Waals surface area contributed by atoms with Crippen molar-refractivity contribution in [3.63, 3.8) is 0 Å². The predicted octanol–water partition coefficient (Wildman–Crippen LogP) is 3.45. The number of thiocarbonyl (C=S) groups is 1. The van der Waals surface area contributed by atoms with Crippen LogP contribution in [0.3, 0.4) is 0 Å². The molecule has 7 heteroatoms. The second-order valence-corrected chi connectivity index (χ2v) is 4.59. The SMILES string of the molecule is COc1ccc(Cl)cc1NC(=S)Nc1cc(C)on1. The van der Waals surface area contributed by atoms with Gasteiger partial charge in [0.1, 0.15) is 11.5 Å². The summed E-state index contributed by atoms with van der Waals surface area (Å²) in [6, 6.07) is 6.96. The van der Waals surface area contributed by atoms with E-state index in [-0.39, 0.29) is 0 Å². The Labute approximate surface area is 120 Å². The third-order valence-corrected chi connectivity index (χ3v) is 2.72. The molecule has 0 radical (unpaired) electrons. The van der Waals surface area contributed by atoms with E-state index in [4.69, 9.17) is 33.1 Å². The molecule has 0 spiro atoms. The number of methoxy groups -OCH3 is 1. The van der Waals surface area contributed by atoms with Gasteiger partial charge in [0.2, 0.25) is 0 Å². The summed E-state index contributed by atoms with van der Waals surface area (Å²) >= 11 is 11.1. The number of halogens is 1. The molecule has 1 aromatic heterocycles. The van der Waals surface area contributed by atoms with E-state index in [1.54, 1.807) is 38.3 Å². The molecule has 2 N–H and O–H groups in total. The van der Waals surface area contributed by atoms with Crippen molar-refractivity contribution >= 4 is 40.4 Å². The second-order valence-electron chi connectivity index (χ2n) is 3.75. The highest BCUT2D eigenvalue weighted by Gasteiger charge is 2.07. The first-order chi connectivity index (χ1) is 9.08. The maximum atomic E-state index is 5.93. The lowest BCUT2D eigenvalue weighted by molar-refractivity contribution is 0.400. The van der Waals surface area contributed by atoms with Crippen molar-refractivity contribution < 1.29 is 9.26 Å². The van der Waals surface area contributed by atoms with Crippen LogP contribution in [0.15, 0.2) is 28.8 Å². The van der Waals surface area contributed by atoms with Crippen LogP contribution in [0.25, 0.3) is 0 Å². The molecule has 1 heterocycles. The number of anilines is 2. The normalized spacial score (nSPS) is 10.1. The zero-order valence-corrected chi connectivity index (χ0v) is 11.9. The molecular weight excluding hydrogens is 286 g/mol. The molecule has 0 saturated carbocycles. The quantitative estimate of drug-likeness (QED) is 0.846. The van der Waals surface area contributed by atoms with Gasteiger partial charge in [0.15, 0.2) is 10.9 Å². The maximum Gasteiger partial charge on any atom is 0.176 e. The van der Waals surface area contributed by atoms with Gasteiger partial charge in [0.25, 0.3) is 0 Å². The number of aromatic nitrogens is 1. The number of rotatable bonds is 3. The summed E-state index contributed by atoms with van der Waals surface area (Å²) in [6.07, 6.45) is 0. The molecule has 2 rings (SSSR count). The first-order valence-electron chi connectivity index (χ1n) is 5.43. The minimum Gasteiger partial charge on any atom is -0.495 e. The molecule has 19 heavy (non-hydrogen) atoms. The van der Waals surface area contributed by atoms with E-state index < -0.39 is 0 Å². The lowest BCUT2D eigenvalue weighted by Crippen LogP contribution is -2.19. The van der Waals surface area contributed by atoms with Gasteiger partial charge in [-0.05, 0) is 37.3 Å². The maximum absolute atomic E-state index is 5.93. The van der Waals surface area contributed by atoms with Gasteiger partial charge < -0.3 is 19.9 Å². The molecule has 0 atom stereocenters. The first-order valence-corrected chi connectivity index (χ1v) is 6.22. The molecule has 0 aliphatic heterocycles. The molecule has 100 valence electrons. The minimum atomic E-state index is 0.369. The smallest absolute Gasteiger partial charge is 0.176 e. The van der Waals surface area contributed by atoms with Crippen LogP contribution in [0, 0.1) is 6.92 Å². The van der Waals surface area contributed by atoms with Crippen molar-refractivity contribution in [2.75, 3.05) is 17.7 Å². The third kappa shape index (κ3) is 3.59. The average molecular weight is 298 g/mol. The fourth-order valence-electron chi connectivity index (χ4n) is 1.47. The van der Waals surface area contributed by atoms with Crippen molar-refractivity contribution in [1.82, 2.24) is 5.16 Å². The van der Waals surface area contributed by atoms with Crippen LogP contribution in [0.2, 0.25) is 5.02 Å². The summed E-state index contributed by atoms with van der Waals surface area (Å²) in [5, 5.41) is 10.6. The number of ether oxygens (including phenoxy) is 1. The van der Waals surface area contributed by atoms with Crippen LogP contribution in [-0.4, -0.2) is 17.4 Å². The van der Waals surface area contributed by atoms with Gasteiger partial charge in [-0.2, -0.15) is 0 Å². The highest BCUT2D eigenvalue weighted by molar-refractivity contribution is 7.80. The molecule has 0 aliphatic rings. The Balaban J connectivity index is 2.08. The fraction of sp³-hybridized carbons (Fsp3) is 0.167. The summed E-state index contributed by atoms with van der Waals surface area (Å²) < 4.78 is 10.1. The van der Waals surface area contributed by atoms with Crippen LogP contribution in [-0.2, 0) is 0 Å². The molecular formula is C12H12ClN3O2S. The van der Waals surface area contributed by atoms with Crippen molar-refractivity contribution in [2.45, 2.75) is 6.92 Å². The number of nitrogens with one attached hydrogen (secondary N) is 2. The van der Waals surface area contributed by atoms with Gasteiger partial charge >= 0.3 is 0 Å². The second kappa shape index (κ2) is 5.90. The Morgan fingerprint density at radius 1 is 1.37 bits per heavy atom. The molecule has 5 nitrogen and oxygen atoms in total. The van der Waals surface area contributed by atoms with E-state index in [1.807, 2.05) is 0 Å². The molecule has 1 aromatic carbocycles. The monoisotopic (exact) mass is 297 g/mol. The van der Waals surface area contributed by atoms with Crippen LogP contribution >= 0.6 is 23.8 Å². The number of nitrogens with zero attached hydrogens (tertiary/aromatic N) is 1. The Hall–Kier alpha value is -1.79. The summed E-state index contributed by atoms with van der Waals surface area (Å²) in [7, 11) is 1.58. The van der Waals surface area contributed by atoms with Crippen LogP contribution in [0.5, 0.6) is 5.75 Å². The summed E-state index contributed by atoms with van der Waals surface area (Å²) in [4.78, 5) is 0. The topological polar surface area (TPSA) is 59.3 Å². The van der Waals surface area contributed by atoms with Gasteiger partial charge in [-0.25, -0.2) is 0 Å². The zero-order valence-electron chi connectivity index (χ0n) is 10.4. The number of hydrogen-bond acceptors (Lipinski definition) is 4. The zero-order chi connectivity index (χ0) is 13.8. The van der Waals surface area contributed by atoms with Gasteiger partial charge in [-0.1, -0.05) is 16.8 Å². The van der Waals surface area contributed by atoms with Crippen LogP contribution in [0.1, 0.15) is 5.76 Å². The van der Waals surface area contributed by atoms with E-state index in [0.717, 1.165) is 0 Å². The third-order valence-electron chi connectivity index (χ3n) is 2.28. The number of benzene rings is 1. The Bertz CT molecular complexity index is 600. The van der Waals surface area contributed by atoms with Gasteiger partial charge in [-0.3, -0.25) is 0 Å². The average Bonchev–Trinajstić information content (AvgIpc) is 2.75. The molecule has 0 saturated heterocycles. The number of aryl methyl sites for hydroxylation is 1. The Morgan fingerprint density at radius 3 is 2.79 bits per heavy atom. The first kappa shape index (κ1) is 13.6. The Kier molecular flexibility index (Phi) is 4.24. The van der Waals surface area contributed by atoms with E-state index >= 15 is 0 Å². The molecule has 2 aromatic rings. The largest absolute Gasteiger partial charge is 0.495 e. The van der Waals surface area contributed by atoms with E-state index in [1.165, 1.54) is 0 Å². The van der Waals surface area contributed by atoms with Crippen molar-refractivity contribution in [3.8, 4) is 5.75 Å². The van der Waals surface area contributed by atoms with E-state index in [9.17, 15) is 0 Å². The summed E-state index contributed by atoms with van der Waals surface area (Å²) in [5.41, 5.74) is 0.674. The highest BCUT2D eigenvalue weighted by Crippen LogP contribution is 2.27. The summed E-state index contributed by atoms with van der Waals surface area (Å²) in [6.45, 7) is 1.80. The van der Waals surface area contributed by atoms with Crippen molar-refractivity contribution in [2.24, 2.45) is 0 Å². The van der Waals surface area contributed by atoms with E-state index in [0.29, 0.717) is 33.2 Å². The van der Waals surface area contributed by atoms with Crippen molar-refractivity contribution in [1.29, 1.82) is 0 Å². The molecule has 0 bridgehead atoms. The molecule has 0 fully saturated rings. The minimum absolute atomic E-state index is 0.369. The van der Waals surface area contributed by atoms with Crippen LogP contribution in [0.4, 0.5) is 11.5 Å². The predicted molar refractivity (Wildman–Crippen MR) is 79.1 cm³/mol. The fourth-order valence-corrected chi connectivity index (χ4v) is 1.86. The lowest BCUT2D eigenvalue weighted by Gasteiger charge is -2.12. The summed E-state index contributed by atoms with van der Waals surface area (Å²) in [5.74, 6) is 1.88. The molecule has 0 aliphatic carbocycles. The molecule has 0 unspecified atom stereocenters.